The Balaban J connectivity index is 2.00. The average molecular weight is 354 g/mol. The maximum Gasteiger partial charge on any atom is 0.222 e. The van der Waals surface area contributed by atoms with Crippen molar-refractivity contribution in [2.45, 2.75) is 47.0 Å². The lowest BCUT2D eigenvalue weighted by molar-refractivity contribution is 0.428. The fourth-order valence-electron chi connectivity index (χ4n) is 3.17. The van der Waals surface area contributed by atoms with Crippen molar-refractivity contribution < 1.29 is 4.74 Å². The van der Waals surface area contributed by atoms with E-state index < -0.39 is 0 Å². The summed E-state index contributed by atoms with van der Waals surface area (Å²) >= 11 is 0. The number of hydrogen-bond acceptors (Lipinski definition) is 5. The minimum Gasteiger partial charge on any atom is -0.438 e. The summed E-state index contributed by atoms with van der Waals surface area (Å²) in [5.74, 6) is 3.35. The zero-order valence-electron chi connectivity index (χ0n) is 16.4. The molecule has 3 aromatic rings. The Labute approximate surface area is 154 Å². The molecule has 7 nitrogen and oxygen atoms in total. The van der Waals surface area contributed by atoms with Crippen molar-refractivity contribution in [2.75, 3.05) is 0 Å². The van der Waals surface area contributed by atoms with Gasteiger partial charge in [-0.2, -0.15) is 4.80 Å². The van der Waals surface area contributed by atoms with E-state index in [1.807, 2.05) is 33.0 Å². The van der Waals surface area contributed by atoms with Gasteiger partial charge < -0.3 is 9.30 Å². The topological polar surface area (TPSA) is 70.7 Å². The predicted molar refractivity (Wildman–Crippen MR) is 100 cm³/mol. The Morgan fingerprint density at radius 3 is 2.31 bits per heavy atom. The van der Waals surface area contributed by atoms with Crippen LogP contribution in [-0.4, -0.2) is 29.8 Å². The van der Waals surface area contributed by atoms with Gasteiger partial charge in [0.05, 0.1) is 7.05 Å². The highest BCUT2D eigenvalue weighted by Crippen LogP contribution is 2.34. The van der Waals surface area contributed by atoms with Gasteiger partial charge in [-0.1, -0.05) is 20.3 Å². The van der Waals surface area contributed by atoms with Crippen molar-refractivity contribution in [2.24, 2.45) is 14.1 Å². The summed E-state index contributed by atoms with van der Waals surface area (Å²) in [5, 5.41) is 12.3. The molecule has 2 heterocycles. The van der Waals surface area contributed by atoms with Crippen molar-refractivity contribution in [1.82, 2.24) is 29.8 Å². The van der Waals surface area contributed by atoms with E-state index in [1.165, 1.54) is 4.80 Å². The normalized spacial score (nSPS) is 11.2. The van der Waals surface area contributed by atoms with Gasteiger partial charge in [-0.25, -0.2) is 4.98 Å². The third kappa shape index (κ3) is 3.34. The zero-order chi connectivity index (χ0) is 18.8. The summed E-state index contributed by atoms with van der Waals surface area (Å²) in [4.78, 5) is 6.21. The van der Waals surface area contributed by atoms with E-state index in [-0.39, 0.29) is 0 Å². The molecule has 2 aromatic heterocycles. The standard InChI is InChI=1S/C19H26N6O/c1-7-9-15-19(24(5)16(8-2)20-15)26-17-12(3)10-14(11-13(17)4)18-21-23-25(6)22-18/h10-11H,7-9H2,1-6H3. The molecule has 26 heavy (non-hydrogen) atoms. The van der Waals surface area contributed by atoms with Gasteiger partial charge in [0.15, 0.2) is 0 Å². The van der Waals surface area contributed by atoms with Crippen molar-refractivity contribution in [1.29, 1.82) is 0 Å². The number of aryl methyl sites for hydroxylation is 5. The number of aromatic nitrogens is 6. The second kappa shape index (κ2) is 7.27. The first-order valence-electron chi connectivity index (χ1n) is 9.02. The molecule has 0 N–H and O–H groups in total. The molecule has 0 saturated carbocycles. The van der Waals surface area contributed by atoms with E-state index in [9.17, 15) is 0 Å². The molecular formula is C19H26N6O. The molecule has 0 fully saturated rings. The third-order valence-corrected chi connectivity index (χ3v) is 4.43. The molecule has 0 aliphatic carbocycles. The van der Waals surface area contributed by atoms with Crippen LogP contribution in [0.2, 0.25) is 0 Å². The van der Waals surface area contributed by atoms with Crippen molar-refractivity contribution in [3.63, 3.8) is 0 Å². The maximum atomic E-state index is 6.37. The Morgan fingerprint density at radius 2 is 1.77 bits per heavy atom. The second-order valence-corrected chi connectivity index (χ2v) is 6.59. The number of benzene rings is 1. The minimum absolute atomic E-state index is 0.616. The first-order chi connectivity index (χ1) is 12.4. The van der Waals surface area contributed by atoms with Gasteiger partial charge in [0.2, 0.25) is 11.7 Å². The summed E-state index contributed by atoms with van der Waals surface area (Å²) in [6.45, 7) is 8.35. The number of imidazole rings is 1. The van der Waals surface area contributed by atoms with Gasteiger partial charge in [-0.3, -0.25) is 0 Å². The molecule has 0 aliphatic heterocycles. The Hall–Kier alpha value is -2.70. The average Bonchev–Trinajstić information content (AvgIpc) is 3.15. The van der Waals surface area contributed by atoms with Crippen LogP contribution in [0.3, 0.4) is 0 Å². The monoisotopic (exact) mass is 354 g/mol. The molecule has 3 rings (SSSR count). The molecule has 0 unspecified atom stereocenters. The summed E-state index contributed by atoms with van der Waals surface area (Å²) in [6, 6.07) is 4.08. The highest BCUT2D eigenvalue weighted by atomic mass is 16.5. The van der Waals surface area contributed by atoms with E-state index in [4.69, 9.17) is 9.72 Å². The van der Waals surface area contributed by atoms with Crippen LogP contribution in [0, 0.1) is 13.8 Å². The van der Waals surface area contributed by atoms with Crippen LogP contribution in [0.5, 0.6) is 11.6 Å². The fraction of sp³-hybridized carbons (Fsp3) is 0.474. The molecule has 0 aliphatic rings. The second-order valence-electron chi connectivity index (χ2n) is 6.59. The maximum absolute atomic E-state index is 6.37. The van der Waals surface area contributed by atoms with E-state index in [0.29, 0.717) is 5.82 Å². The lowest BCUT2D eigenvalue weighted by atomic mass is 10.1. The van der Waals surface area contributed by atoms with Gasteiger partial charge in [0, 0.05) is 19.0 Å². The van der Waals surface area contributed by atoms with Gasteiger partial charge in [0.1, 0.15) is 17.3 Å². The van der Waals surface area contributed by atoms with Gasteiger partial charge in [-0.15, -0.1) is 10.2 Å². The van der Waals surface area contributed by atoms with Gasteiger partial charge >= 0.3 is 0 Å². The summed E-state index contributed by atoms with van der Waals surface area (Å²) in [5.41, 5.74) is 4.03. The molecule has 138 valence electrons. The Morgan fingerprint density at radius 1 is 1.08 bits per heavy atom. The Kier molecular flexibility index (Phi) is 5.06. The molecular weight excluding hydrogens is 328 g/mol. The zero-order valence-corrected chi connectivity index (χ0v) is 16.4. The number of nitrogens with zero attached hydrogens (tertiary/aromatic N) is 6. The third-order valence-electron chi connectivity index (χ3n) is 4.43. The first kappa shape index (κ1) is 18.1. The van der Waals surface area contributed by atoms with E-state index >= 15 is 0 Å². The smallest absolute Gasteiger partial charge is 0.222 e. The van der Waals surface area contributed by atoms with Crippen LogP contribution in [0.1, 0.15) is 42.9 Å². The van der Waals surface area contributed by atoms with Crippen molar-refractivity contribution >= 4 is 0 Å². The van der Waals surface area contributed by atoms with Crippen LogP contribution < -0.4 is 4.74 Å². The summed E-state index contributed by atoms with van der Waals surface area (Å²) in [6.07, 6.45) is 2.82. The number of hydrogen-bond donors (Lipinski definition) is 0. The van der Waals surface area contributed by atoms with Gasteiger partial charge in [-0.05, 0) is 48.7 Å². The van der Waals surface area contributed by atoms with E-state index in [0.717, 1.165) is 59.1 Å². The molecule has 0 saturated heterocycles. The molecule has 0 bridgehead atoms. The molecule has 0 radical (unpaired) electrons. The quantitative estimate of drug-likeness (QED) is 0.677. The Bertz CT molecular complexity index is 901. The first-order valence-corrected chi connectivity index (χ1v) is 9.02. The minimum atomic E-state index is 0.616. The molecule has 1 aromatic carbocycles. The molecule has 0 atom stereocenters. The lowest BCUT2D eigenvalue weighted by Gasteiger charge is -2.14. The highest BCUT2D eigenvalue weighted by Gasteiger charge is 2.18. The highest BCUT2D eigenvalue weighted by molar-refractivity contribution is 5.61. The van der Waals surface area contributed by atoms with Crippen LogP contribution in [0.25, 0.3) is 11.4 Å². The largest absolute Gasteiger partial charge is 0.438 e. The van der Waals surface area contributed by atoms with Crippen LogP contribution in [-0.2, 0) is 26.9 Å². The summed E-state index contributed by atoms with van der Waals surface area (Å²) < 4.78 is 8.43. The predicted octanol–water partition coefficient (Wildman–Crippen LogP) is 3.53. The SMILES string of the molecule is CCCc1nc(CC)n(C)c1Oc1c(C)cc(-c2nnn(C)n2)cc1C. The van der Waals surface area contributed by atoms with Crippen LogP contribution >= 0.6 is 0 Å². The van der Waals surface area contributed by atoms with Crippen molar-refractivity contribution in [3.05, 3.63) is 34.8 Å². The van der Waals surface area contributed by atoms with Crippen LogP contribution in [0.4, 0.5) is 0 Å². The van der Waals surface area contributed by atoms with Crippen LogP contribution in [0.15, 0.2) is 12.1 Å². The van der Waals surface area contributed by atoms with Gasteiger partial charge in [0.25, 0.3) is 0 Å². The number of tetrazole rings is 1. The van der Waals surface area contributed by atoms with E-state index in [1.54, 1.807) is 7.05 Å². The molecule has 0 spiro atoms. The summed E-state index contributed by atoms with van der Waals surface area (Å²) in [7, 11) is 3.78. The number of ether oxygens (including phenoxy) is 1. The van der Waals surface area contributed by atoms with Crippen molar-refractivity contribution in [3.8, 4) is 23.0 Å². The molecule has 7 heteroatoms. The lowest BCUT2D eigenvalue weighted by Crippen LogP contribution is -2.01. The van der Waals surface area contributed by atoms with E-state index in [2.05, 4.69) is 33.8 Å². The fourth-order valence-corrected chi connectivity index (χ4v) is 3.17. The molecule has 0 amide bonds. The number of rotatable bonds is 6.